The monoisotopic (exact) mass is 338 g/mol. The van der Waals surface area contributed by atoms with Gasteiger partial charge in [-0.2, -0.15) is 4.31 Å². The average Bonchev–Trinajstić information content (AvgIpc) is 2.44. The zero-order chi connectivity index (χ0) is 14.8. The van der Waals surface area contributed by atoms with Crippen LogP contribution in [0.3, 0.4) is 0 Å². The Morgan fingerprint density at radius 1 is 1.30 bits per heavy atom. The molecule has 0 radical (unpaired) electrons. The standard InChI is InChI=1S/C12H16Cl2N2O3S/c1-15-8-9-10(13)2-3-11(12(9)14)20(17,18)16-4-6-19-7-5-16/h2-3,15H,4-8H2,1H3. The molecule has 0 atom stereocenters. The van der Waals surface area contributed by atoms with E-state index in [0.717, 1.165) is 0 Å². The summed E-state index contributed by atoms with van der Waals surface area (Å²) in [4.78, 5) is 0.0933. The number of halogens is 2. The van der Waals surface area contributed by atoms with Gasteiger partial charge in [-0.3, -0.25) is 0 Å². The predicted molar refractivity (Wildman–Crippen MR) is 78.8 cm³/mol. The van der Waals surface area contributed by atoms with Gasteiger partial charge in [-0.15, -0.1) is 0 Å². The minimum Gasteiger partial charge on any atom is -0.379 e. The quantitative estimate of drug-likeness (QED) is 0.908. The van der Waals surface area contributed by atoms with Crippen molar-refractivity contribution >= 4 is 33.2 Å². The molecule has 1 N–H and O–H groups in total. The Labute approximate surface area is 128 Å². The Balaban J connectivity index is 2.43. The Hall–Kier alpha value is -0.370. The van der Waals surface area contributed by atoms with Gasteiger partial charge in [0.15, 0.2) is 0 Å². The number of rotatable bonds is 4. The molecule has 0 bridgehead atoms. The van der Waals surface area contributed by atoms with E-state index in [1.807, 2.05) is 0 Å². The van der Waals surface area contributed by atoms with Gasteiger partial charge in [0.1, 0.15) is 4.90 Å². The van der Waals surface area contributed by atoms with Crippen LogP contribution in [0.15, 0.2) is 17.0 Å². The molecule has 8 heteroatoms. The van der Waals surface area contributed by atoms with Crippen molar-refractivity contribution in [2.75, 3.05) is 33.4 Å². The summed E-state index contributed by atoms with van der Waals surface area (Å²) in [5.41, 5.74) is 0.588. The number of hydrogen-bond donors (Lipinski definition) is 1. The molecule has 5 nitrogen and oxygen atoms in total. The maximum Gasteiger partial charge on any atom is 0.244 e. The molecule has 1 heterocycles. The SMILES string of the molecule is CNCc1c(Cl)ccc(S(=O)(=O)N2CCOCC2)c1Cl. The molecule has 1 aromatic carbocycles. The van der Waals surface area contributed by atoms with E-state index in [1.165, 1.54) is 10.4 Å². The van der Waals surface area contributed by atoms with Crippen LogP contribution in [-0.4, -0.2) is 46.1 Å². The van der Waals surface area contributed by atoms with Crippen LogP contribution < -0.4 is 5.32 Å². The lowest BCUT2D eigenvalue weighted by Crippen LogP contribution is -2.40. The molecule has 1 aliphatic rings. The number of ether oxygens (including phenoxy) is 1. The van der Waals surface area contributed by atoms with Crippen molar-refractivity contribution in [1.82, 2.24) is 9.62 Å². The van der Waals surface area contributed by atoms with Crippen LogP contribution in [0, 0.1) is 0 Å². The van der Waals surface area contributed by atoms with Crippen molar-refractivity contribution in [3.05, 3.63) is 27.7 Å². The van der Waals surface area contributed by atoms with Crippen LogP contribution in [0.2, 0.25) is 10.0 Å². The van der Waals surface area contributed by atoms with Crippen LogP contribution in [-0.2, 0) is 21.3 Å². The molecule has 1 saturated heterocycles. The minimum atomic E-state index is -3.62. The van der Waals surface area contributed by atoms with Crippen molar-refractivity contribution in [2.45, 2.75) is 11.4 Å². The van der Waals surface area contributed by atoms with Crippen molar-refractivity contribution in [3.8, 4) is 0 Å². The molecule has 0 aliphatic carbocycles. The topological polar surface area (TPSA) is 58.6 Å². The Morgan fingerprint density at radius 2 is 1.95 bits per heavy atom. The van der Waals surface area contributed by atoms with Crippen LogP contribution in [0.25, 0.3) is 0 Å². The summed E-state index contributed by atoms with van der Waals surface area (Å²) in [7, 11) is -1.87. The van der Waals surface area contributed by atoms with Crippen molar-refractivity contribution in [3.63, 3.8) is 0 Å². The Morgan fingerprint density at radius 3 is 2.55 bits per heavy atom. The van der Waals surface area contributed by atoms with E-state index >= 15 is 0 Å². The number of nitrogens with zero attached hydrogens (tertiary/aromatic N) is 1. The van der Waals surface area contributed by atoms with E-state index in [0.29, 0.717) is 43.4 Å². The van der Waals surface area contributed by atoms with Gasteiger partial charge in [-0.05, 0) is 19.2 Å². The lowest BCUT2D eigenvalue weighted by atomic mass is 10.2. The third-order valence-corrected chi connectivity index (χ3v) is 5.93. The van der Waals surface area contributed by atoms with Crippen LogP contribution in [0.5, 0.6) is 0 Å². The normalized spacial score (nSPS) is 17.4. The largest absolute Gasteiger partial charge is 0.379 e. The van der Waals surface area contributed by atoms with E-state index in [9.17, 15) is 8.42 Å². The van der Waals surface area contributed by atoms with E-state index in [4.69, 9.17) is 27.9 Å². The number of nitrogens with one attached hydrogen (secondary N) is 1. The second kappa shape index (κ2) is 6.60. The van der Waals surface area contributed by atoms with E-state index in [-0.39, 0.29) is 9.92 Å². The maximum absolute atomic E-state index is 12.6. The van der Waals surface area contributed by atoms with Gasteiger partial charge < -0.3 is 10.1 Å². The summed E-state index contributed by atoms with van der Waals surface area (Å²) in [5.74, 6) is 0. The summed E-state index contributed by atoms with van der Waals surface area (Å²) in [6, 6.07) is 3.02. The van der Waals surface area contributed by atoms with E-state index in [1.54, 1.807) is 13.1 Å². The molecule has 0 unspecified atom stereocenters. The first-order valence-corrected chi connectivity index (χ1v) is 8.37. The smallest absolute Gasteiger partial charge is 0.244 e. The number of morpholine rings is 1. The lowest BCUT2D eigenvalue weighted by Gasteiger charge is -2.26. The molecule has 1 aliphatic heterocycles. The fourth-order valence-corrected chi connectivity index (χ4v) is 4.33. The first-order valence-electron chi connectivity index (χ1n) is 6.18. The molecular formula is C12H16Cl2N2O3S. The zero-order valence-corrected chi connectivity index (χ0v) is 13.4. The van der Waals surface area contributed by atoms with Crippen LogP contribution >= 0.6 is 23.2 Å². The highest BCUT2D eigenvalue weighted by molar-refractivity contribution is 7.89. The molecule has 0 saturated carbocycles. The van der Waals surface area contributed by atoms with E-state index in [2.05, 4.69) is 5.32 Å². The highest BCUT2D eigenvalue weighted by Crippen LogP contribution is 2.32. The molecule has 1 aromatic rings. The summed E-state index contributed by atoms with van der Waals surface area (Å²) in [6.45, 7) is 1.87. The molecular weight excluding hydrogens is 323 g/mol. The summed E-state index contributed by atoms with van der Waals surface area (Å²) >= 11 is 12.3. The van der Waals surface area contributed by atoms with Gasteiger partial charge in [0.2, 0.25) is 10.0 Å². The third-order valence-electron chi connectivity index (χ3n) is 3.09. The van der Waals surface area contributed by atoms with Crippen molar-refractivity contribution < 1.29 is 13.2 Å². The first kappa shape index (κ1) is 16.0. The van der Waals surface area contributed by atoms with Gasteiger partial charge in [-0.1, -0.05) is 23.2 Å². The average molecular weight is 339 g/mol. The van der Waals surface area contributed by atoms with Gasteiger partial charge in [0.25, 0.3) is 0 Å². The van der Waals surface area contributed by atoms with Gasteiger partial charge >= 0.3 is 0 Å². The molecule has 0 spiro atoms. The molecule has 2 rings (SSSR count). The maximum atomic E-state index is 12.6. The summed E-state index contributed by atoms with van der Waals surface area (Å²) in [6.07, 6.45) is 0. The number of benzene rings is 1. The second-order valence-corrected chi connectivity index (χ2v) is 7.08. The molecule has 0 amide bonds. The number of sulfonamides is 1. The van der Waals surface area contributed by atoms with Crippen molar-refractivity contribution in [1.29, 1.82) is 0 Å². The highest BCUT2D eigenvalue weighted by atomic mass is 35.5. The second-order valence-electron chi connectivity index (χ2n) is 4.38. The van der Waals surface area contributed by atoms with Crippen molar-refractivity contribution in [2.24, 2.45) is 0 Å². The predicted octanol–water partition coefficient (Wildman–Crippen LogP) is 1.73. The van der Waals surface area contributed by atoms with Gasteiger partial charge in [-0.25, -0.2) is 8.42 Å². The zero-order valence-electron chi connectivity index (χ0n) is 11.0. The first-order chi connectivity index (χ1) is 9.48. The summed E-state index contributed by atoms with van der Waals surface area (Å²) < 4.78 is 31.8. The summed E-state index contributed by atoms with van der Waals surface area (Å²) in [5, 5.41) is 3.55. The van der Waals surface area contributed by atoms with Gasteiger partial charge in [0.05, 0.1) is 18.2 Å². The Bertz CT molecular complexity index is 587. The highest BCUT2D eigenvalue weighted by Gasteiger charge is 2.29. The minimum absolute atomic E-state index is 0.0933. The number of hydrogen-bond acceptors (Lipinski definition) is 4. The lowest BCUT2D eigenvalue weighted by molar-refractivity contribution is 0.0730. The molecule has 112 valence electrons. The molecule has 0 aromatic heterocycles. The van der Waals surface area contributed by atoms with Crippen LogP contribution in [0.1, 0.15) is 5.56 Å². The third kappa shape index (κ3) is 3.10. The molecule has 1 fully saturated rings. The van der Waals surface area contributed by atoms with Crippen LogP contribution in [0.4, 0.5) is 0 Å². The van der Waals surface area contributed by atoms with Gasteiger partial charge in [0, 0.05) is 30.2 Å². The van der Waals surface area contributed by atoms with E-state index < -0.39 is 10.0 Å². The fourth-order valence-electron chi connectivity index (χ4n) is 2.04. The Kier molecular flexibility index (Phi) is 5.28. The fraction of sp³-hybridized carbons (Fsp3) is 0.500. The molecule has 20 heavy (non-hydrogen) atoms.